The van der Waals surface area contributed by atoms with Crippen LogP contribution in [-0.2, 0) is 17.6 Å². The molecule has 0 atom stereocenters. The molecule has 35 heavy (non-hydrogen) atoms. The quantitative estimate of drug-likeness (QED) is 0.299. The number of anilines is 1. The van der Waals surface area contributed by atoms with Crippen molar-refractivity contribution >= 4 is 28.1 Å². The predicted octanol–water partition coefficient (Wildman–Crippen LogP) is 7.46. The Morgan fingerprint density at radius 3 is 2.46 bits per heavy atom. The maximum atomic E-state index is 12.8. The van der Waals surface area contributed by atoms with Gasteiger partial charge in [0.1, 0.15) is 28.6 Å². The molecule has 0 bridgehead atoms. The molecule has 3 aromatic carbocycles. The summed E-state index contributed by atoms with van der Waals surface area (Å²) in [6.07, 6.45) is 5.96. The van der Waals surface area contributed by atoms with Gasteiger partial charge in [-0.25, -0.2) is 0 Å². The van der Waals surface area contributed by atoms with Gasteiger partial charge in [-0.1, -0.05) is 18.2 Å². The van der Waals surface area contributed by atoms with Crippen LogP contribution in [0.4, 0.5) is 5.69 Å². The number of ether oxygens (including phenoxy) is 2. The summed E-state index contributed by atoms with van der Waals surface area (Å²) in [4.78, 5) is 12.8. The second-order valence-electron chi connectivity index (χ2n) is 8.93. The Hall–Kier alpha value is -3.99. The Morgan fingerprint density at radius 1 is 1.00 bits per heavy atom. The first kappa shape index (κ1) is 22.8. The summed E-state index contributed by atoms with van der Waals surface area (Å²) in [5.41, 5.74) is 5.60. The minimum Gasteiger partial charge on any atom is -0.496 e. The van der Waals surface area contributed by atoms with E-state index in [1.807, 2.05) is 68.4 Å². The highest BCUT2D eigenvalue weighted by atomic mass is 16.5. The topological polar surface area (TPSA) is 60.7 Å². The van der Waals surface area contributed by atoms with Gasteiger partial charge in [-0.15, -0.1) is 0 Å². The van der Waals surface area contributed by atoms with Gasteiger partial charge in [0.15, 0.2) is 0 Å². The standard InChI is InChI=1S/C30H29NO4/c1-19(17-28(32)31-21-13-15-23(16-14-21)34-22-9-5-4-6-10-22)25-18-26-24-11-7-8-12-27(24)35-30(26)20(2)29(25)33-3/h4-6,9-10,13-18H,7-8,11-12H2,1-3H3,(H,31,32)/b19-17+. The molecule has 1 aliphatic carbocycles. The van der Waals surface area contributed by atoms with Crippen LogP contribution in [0.2, 0.25) is 0 Å². The van der Waals surface area contributed by atoms with Gasteiger partial charge in [0.25, 0.3) is 0 Å². The van der Waals surface area contributed by atoms with E-state index in [1.54, 1.807) is 13.2 Å². The molecule has 0 fully saturated rings. The van der Waals surface area contributed by atoms with E-state index in [0.29, 0.717) is 11.4 Å². The molecule has 0 radical (unpaired) electrons. The van der Waals surface area contributed by atoms with Crippen molar-refractivity contribution < 1.29 is 18.7 Å². The highest BCUT2D eigenvalue weighted by Crippen LogP contribution is 2.41. The van der Waals surface area contributed by atoms with Gasteiger partial charge in [-0.3, -0.25) is 4.79 Å². The second kappa shape index (κ2) is 9.71. The molecule has 0 saturated heterocycles. The van der Waals surface area contributed by atoms with Crippen LogP contribution in [0.5, 0.6) is 17.2 Å². The molecule has 4 aromatic rings. The maximum absolute atomic E-state index is 12.8. The van der Waals surface area contributed by atoms with Crippen molar-refractivity contribution in [3.05, 3.63) is 89.2 Å². The summed E-state index contributed by atoms with van der Waals surface area (Å²) in [7, 11) is 1.66. The average molecular weight is 468 g/mol. The molecule has 0 saturated carbocycles. The number of nitrogens with one attached hydrogen (secondary N) is 1. The molecule has 1 heterocycles. The number of carbonyl (C=O) groups excluding carboxylic acids is 1. The van der Waals surface area contributed by atoms with Crippen molar-refractivity contribution in [3.8, 4) is 17.2 Å². The van der Waals surface area contributed by atoms with Crippen LogP contribution in [0.15, 0.2) is 71.2 Å². The minimum absolute atomic E-state index is 0.201. The molecule has 0 unspecified atom stereocenters. The van der Waals surface area contributed by atoms with Crippen molar-refractivity contribution in [3.63, 3.8) is 0 Å². The van der Waals surface area contributed by atoms with Gasteiger partial charge < -0.3 is 19.2 Å². The van der Waals surface area contributed by atoms with Crippen LogP contribution in [0.3, 0.4) is 0 Å². The van der Waals surface area contributed by atoms with Crippen LogP contribution >= 0.6 is 0 Å². The zero-order valence-corrected chi connectivity index (χ0v) is 20.3. The first-order chi connectivity index (χ1) is 17.0. The Balaban J connectivity index is 1.37. The van der Waals surface area contributed by atoms with Crippen LogP contribution in [0.1, 0.15) is 42.2 Å². The number of allylic oxidation sites excluding steroid dienone is 1. The first-order valence-corrected chi connectivity index (χ1v) is 12.0. The average Bonchev–Trinajstić information content (AvgIpc) is 3.25. The van der Waals surface area contributed by atoms with Gasteiger partial charge in [0.2, 0.25) is 5.91 Å². The second-order valence-corrected chi connectivity index (χ2v) is 8.93. The third-order valence-corrected chi connectivity index (χ3v) is 6.50. The number of methoxy groups -OCH3 is 1. The summed E-state index contributed by atoms with van der Waals surface area (Å²) in [6.45, 7) is 3.96. The van der Waals surface area contributed by atoms with E-state index in [2.05, 4.69) is 11.4 Å². The number of carbonyl (C=O) groups is 1. The Labute approximate surface area is 205 Å². The lowest BCUT2D eigenvalue weighted by molar-refractivity contribution is -0.111. The van der Waals surface area contributed by atoms with E-state index < -0.39 is 0 Å². The van der Waals surface area contributed by atoms with Crippen molar-refractivity contribution in [1.82, 2.24) is 0 Å². The molecule has 1 aromatic heterocycles. The number of para-hydroxylation sites is 1. The zero-order valence-electron chi connectivity index (χ0n) is 20.3. The third-order valence-electron chi connectivity index (χ3n) is 6.50. The number of rotatable bonds is 6. The van der Waals surface area contributed by atoms with E-state index in [4.69, 9.17) is 13.9 Å². The number of hydrogen-bond donors (Lipinski definition) is 1. The molecule has 0 aliphatic heterocycles. The summed E-state index contributed by atoms with van der Waals surface area (Å²) < 4.78 is 17.8. The number of furan rings is 1. The fraction of sp³-hybridized carbons (Fsp3) is 0.233. The van der Waals surface area contributed by atoms with Gasteiger partial charge in [-0.05, 0) is 81.1 Å². The van der Waals surface area contributed by atoms with E-state index in [0.717, 1.165) is 64.2 Å². The van der Waals surface area contributed by atoms with Gasteiger partial charge in [0, 0.05) is 40.3 Å². The van der Waals surface area contributed by atoms with Gasteiger partial charge >= 0.3 is 0 Å². The van der Waals surface area contributed by atoms with Crippen LogP contribution in [0.25, 0.3) is 16.5 Å². The van der Waals surface area contributed by atoms with E-state index in [-0.39, 0.29) is 5.91 Å². The highest BCUT2D eigenvalue weighted by molar-refractivity contribution is 6.05. The van der Waals surface area contributed by atoms with Crippen molar-refractivity contribution in [2.45, 2.75) is 39.5 Å². The first-order valence-electron chi connectivity index (χ1n) is 12.0. The van der Waals surface area contributed by atoms with Crippen LogP contribution < -0.4 is 14.8 Å². The van der Waals surface area contributed by atoms with E-state index in [1.165, 1.54) is 12.0 Å². The molecule has 1 aliphatic rings. The van der Waals surface area contributed by atoms with Crippen LogP contribution in [-0.4, -0.2) is 13.0 Å². The number of hydrogen-bond acceptors (Lipinski definition) is 4. The normalized spacial score (nSPS) is 13.4. The Kier molecular flexibility index (Phi) is 6.32. The van der Waals surface area contributed by atoms with Crippen LogP contribution in [0, 0.1) is 6.92 Å². The lowest BCUT2D eigenvalue weighted by atomic mass is 9.93. The lowest BCUT2D eigenvalue weighted by Crippen LogP contribution is -2.08. The smallest absolute Gasteiger partial charge is 0.248 e. The molecule has 1 amide bonds. The zero-order chi connectivity index (χ0) is 24.4. The number of fused-ring (bicyclic) bond motifs is 3. The SMILES string of the molecule is COc1c(/C(C)=C/C(=O)Nc2ccc(Oc3ccccc3)cc2)cc2c3c(oc2c1C)CCCC3. The summed E-state index contributed by atoms with van der Waals surface area (Å²) in [6, 6.07) is 19.0. The molecule has 5 nitrogen and oxygen atoms in total. The third kappa shape index (κ3) is 4.67. The summed E-state index contributed by atoms with van der Waals surface area (Å²) in [5, 5.41) is 4.07. The Bertz CT molecular complexity index is 1400. The summed E-state index contributed by atoms with van der Waals surface area (Å²) in [5.74, 6) is 3.11. The molecule has 1 N–H and O–H groups in total. The fourth-order valence-corrected chi connectivity index (χ4v) is 4.78. The monoisotopic (exact) mass is 467 g/mol. The van der Waals surface area contributed by atoms with Crippen molar-refractivity contribution in [2.24, 2.45) is 0 Å². The predicted molar refractivity (Wildman–Crippen MR) is 139 cm³/mol. The molecular weight excluding hydrogens is 438 g/mol. The molecule has 5 heteroatoms. The van der Waals surface area contributed by atoms with Gasteiger partial charge in [0.05, 0.1) is 7.11 Å². The fourth-order valence-electron chi connectivity index (χ4n) is 4.78. The number of amides is 1. The number of aryl methyl sites for hydroxylation is 3. The highest BCUT2D eigenvalue weighted by Gasteiger charge is 2.23. The van der Waals surface area contributed by atoms with Crippen molar-refractivity contribution in [2.75, 3.05) is 12.4 Å². The maximum Gasteiger partial charge on any atom is 0.248 e. The lowest BCUT2D eigenvalue weighted by Gasteiger charge is -2.14. The summed E-state index contributed by atoms with van der Waals surface area (Å²) >= 11 is 0. The van der Waals surface area contributed by atoms with E-state index in [9.17, 15) is 4.79 Å². The molecule has 0 spiro atoms. The molecule has 5 rings (SSSR count). The number of benzene rings is 3. The molecular formula is C30H29NO4. The van der Waals surface area contributed by atoms with Crippen molar-refractivity contribution in [1.29, 1.82) is 0 Å². The largest absolute Gasteiger partial charge is 0.496 e. The Morgan fingerprint density at radius 2 is 1.71 bits per heavy atom. The van der Waals surface area contributed by atoms with Gasteiger partial charge in [-0.2, -0.15) is 0 Å². The van der Waals surface area contributed by atoms with E-state index >= 15 is 0 Å². The minimum atomic E-state index is -0.201. The molecule has 178 valence electrons.